The number of hydrogen-bond donors (Lipinski definition) is 0. The number of imidazole rings is 1. The lowest BCUT2D eigenvalue weighted by atomic mass is 10.0. The maximum absolute atomic E-state index is 13.5. The zero-order valence-electron chi connectivity index (χ0n) is 19.3. The van der Waals surface area contributed by atoms with Gasteiger partial charge in [0.25, 0.3) is 5.91 Å². The van der Waals surface area contributed by atoms with Crippen LogP contribution in [0.4, 0.5) is 24.7 Å². The maximum Gasteiger partial charge on any atom is 0.418 e. The number of fused-ring (bicyclic) bond motifs is 2. The molecule has 6 rings (SSSR count). The second-order valence-electron chi connectivity index (χ2n) is 9.82. The van der Waals surface area contributed by atoms with E-state index in [0.717, 1.165) is 37.8 Å². The molecule has 0 N–H and O–H groups in total. The van der Waals surface area contributed by atoms with Crippen molar-refractivity contribution < 1.29 is 18.0 Å². The van der Waals surface area contributed by atoms with Gasteiger partial charge in [-0.15, -0.1) is 5.10 Å². The van der Waals surface area contributed by atoms with Crippen molar-refractivity contribution in [1.82, 2.24) is 19.5 Å². The number of aromatic nitrogens is 3. The van der Waals surface area contributed by atoms with Crippen molar-refractivity contribution >= 4 is 23.1 Å². The van der Waals surface area contributed by atoms with E-state index in [0.29, 0.717) is 37.5 Å². The molecule has 3 aliphatic rings. The molecule has 3 aliphatic heterocycles. The molecule has 184 valence electrons. The second kappa shape index (κ2) is 8.42. The number of benzene rings is 1. The van der Waals surface area contributed by atoms with Crippen molar-refractivity contribution in [3.05, 3.63) is 53.9 Å². The SMILES string of the molecule is O=C(c1cn2nc(N3CCCCC3)ccc2n1)N1C[C@@H]2CN(c3ccccc3C(F)(F)F)C[C@@H]2C1. The van der Waals surface area contributed by atoms with Crippen molar-refractivity contribution in [2.75, 3.05) is 49.1 Å². The third-order valence-corrected chi connectivity index (χ3v) is 7.53. The van der Waals surface area contributed by atoms with Crippen molar-refractivity contribution in [2.24, 2.45) is 11.8 Å². The van der Waals surface area contributed by atoms with Gasteiger partial charge < -0.3 is 14.7 Å². The summed E-state index contributed by atoms with van der Waals surface area (Å²) in [6, 6.07) is 9.57. The predicted octanol–water partition coefficient (Wildman–Crippen LogP) is 3.95. The van der Waals surface area contributed by atoms with Crippen LogP contribution in [-0.4, -0.2) is 64.7 Å². The van der Waals surface area contributed by atoms with E-state index < -0.39 is 11.7 Å². The first-order valence-electron chi connectivity index (χ1n) is 12.2. The molecule has 0 aliphatic carbocycles. The fraction of sp³-hybridized carbons (Fsp3) is 0.480. The summed E-state index contributed by atoms with van der Waals surface area (Å²) in [7, 11) is 0. The summed E-state index contributed by atoms with van der Waals surface area (Å²) in [6.45, 7) is 4.03. The summed E-state index contributed by atoms with van der Waals surface area (Å²) in [5.74, 6) is 1.03. The average molecular weight is 485 g/mol. The number of alkyl halides is 3. The summed E-state index contributed by atoms with van der Waals surface area (Å²) in [5, 5.41) is 4.67. The van der Waals surface area contributed by atoms with E-state index >= 15 is 0 Å². The zero-order valence-corrected chi connectivity index (χ0v) is 19.3. The van der Waals surface area contributed by atoms with E-state index in [2.05, 4.69) is 15.0 Å². The van der Waals surface area contributed by atoms with Crippen LogP contribution in [0.1, 0.15) is 35.3 Å². The van der Waals surface area contributed by atoms with Crippen molar-refractivity contribution in [2.45, 2.75) is 25.4 Å². The zero-order chi connectivity index (χ0) is 24.2. The van der Waals surface area contributed by atoms with Gasteiger partial charge in [-0.2, -0.15) is 13.2 Å². The molecule has 2 atom stereocenters. The van der Waals surface area contributed by atoms with Crippen LogP contribution in [0.3, 0.4) is 0 Å². The Morgan fingerprint density at radius 2 is 1.60 bits per heavy atom. The van der Waals surface area contributed by atoms with E-state index in [1.54, 1.807) is 21.7 Å². The predicted molar refractivity (Wildman–Crippen MR) is 126 cm³/mol. The number of hydrogen-bond acceptors (Lipinski definition) is 5. The molecule has 1 amide bonds. The Morgan fingerprint density at radius 1 is 0.886 bits per heavy atom. The highest BCUT2D eigenvalue weighted by Crippen LogP contribution is 2.41. The molecule has 0 bridgehead atoms. The third-order valence-electron chi connectivity index (χ3n) is 7.53. The molecule has 2 aromatic heterocycles. The van der Waals surface area contributed by atoms with Crippen molar-refractivity contribution in [3.63, 3.8) is 0 Å². The van der Waals surface area contributed by atoms with E-state index in [1.807, 2.05) is 17.0 Å². The van der Waals surface area contributed by atoms with Gasteiger partial charge in [-0.1, -0.05) is 12.1 Å². The van der Waals surface area contributed by atoms with Gasteiger partial charge in [0, 0.05) is 56.8 Å². The molecule has 3 fully saturated rings. The molecular weight excluding hydrogens is 457 g/mol. The molecular formula is C25H27F3N6O. The van der Waals surface area contributed by atoms with Gasteiger partial charge in [-0.25, -0.2) is 9.50 Å². The lowest BCUT2D eigenvalue weighted by molar-refractivity contribution is -0.137. The number of rotatable bonds is 3. The second-order valence-corrected chi connectivity index (χ2v) is 9.82. The Hall–Kier alpha value is -3.30. The fourth-order valence-corrected chi connectivity index (χ4v) is 5.77. The minimum absolute atomic E-state index is 0.140. The Balaban J connectivity index is 1.15. The molecule has 0 saturated carbocycles. The quantitative estimate of drug-likeness (QED) is 0.564. The third kappa shape index (κ3) is 4.08. The van der Waals surface area contributed by atoms with Crippen LogP contribution in [0.2, 0.25) is 0 Å². The van der Waals surface area contributed by atoms with Gasteiger partial charge >= 0.3 is 6.18 Å². The summed E-state index contributed by atoms with van der Waals surface area (Å²) in [5.41, 5.74) is 0.605. The number of carbonyl (C=O) groups excluding carboxylic acids is 1. The number of anilines is 2. The summed E-state index contributed by atoms with van der Waals surface area (Å²) in [4.78, 5) is 23.6. The first-order chi connectivity index (χ1) is 16.9. The van der Waals surface area contributed by atoms with Crippen LogP contribution in [0.15, 0.2) is 42.6 Å². The lowest BCUT2D eigenvalue weighted by Crippen LogP contribution is -2.34. The first-order valence-corrected chi connectivity index (χ1v) is 12.2. The van der Waals surface area contributed by atoms with E-state index in [1.165, 1.54) is 18.6 Å². The topological polar surface area (TPSA) is 57.0 Å². The summed E-state index contributed by atoms with van der Waals surface area (Å²) in [6.07, 6.45) is 0.854. The first kappa shape index (κ1) is 22.2. The lowest BCUT2D eigenvalue weighted by Gasteiger charge is -2.27. The molecule has 0 unspecified atom stereocenters. The molecule has 3 saturated heterocycles. The number of halogens is 3. The van der Waals surface area contributed by atoms with Gasteiger partial charge in [0.15, 0.2) is 5.65 Å². The minimum Gasteiger partial charge on any atom is -0.370 e. The van der Waals surface area contributed by atoms with Gasteiger partial charge in [0.2, 0.25) is 0 Å². The van der Waals surface area contributed by atoms with Crippen LogP contribution in [0, 0.1) is 11.8 Å². The number of para-hydroxylation sites is 1. The average Bonchev–Trinajstić information content (AvgIpc) is 3.56. The smallest absolute Gasteiger partial charge is 0.370 e. The standard InChI is InChI=1S/C25H27F3N6O/c26-25(27,28)19-6-2-3-7-21(19)32-12-17-14-33(15-18(17)13-32)24(35)20-16-34-22(29-20)8-9-23(30-34)31-10-4-1-5-11-31/h2-3,6-9,16-18H,1,4-5,10-15H2/t17-,18+. The molecule has 0 spiro atoms. The number of amides is 1. The van der Waals surface area contributed by atoms with E-state index in [4.69, 9.17) is 0 Å². The van der Waals surface area contributed by atoms with Crippen LogP contribution in [-0.2, 0) is 6.18 Å². The van der Waals surface area contributed by atoms with Gasteiger partial charge in [-0.3, -0.25) is 4.79 Å². The minimum atomic E-state index is -4.39. The van der Waals surface area contributed by atoms with Crippen LogP contribution in [0.5, 0.6) is 0 Å². The van der Waals surface area contributed by atoms with Gasteiger partial charge in [-0.05, 0) is 43.5 Å². The van der Waals surface area contributed by atoms with E-state index in [9.17, 15) is 18.0 Å². The Kier molecular flexibility index (Phi) is 5.34. The number of likely N-dealkylation sites (tertiary alicyclic amines) is 1. The molecule has 7 nitrogen and oxygen atoms in total. The largest absolute Gasteiger partial charge is 0.418 e. The maximum atomic E-state index is 13.5. The monoisotopic (exact) mass is 484 g/mol. The molecule has 5 heterocycles. The fourth-order valence-electron chi connectivity index (χ4n) is 5.77. The van der Waals surface area contributed by atoms with Crippen LogP contribution in [0.25, 0.3) is 5.65 Å². The van der Waals surface area contributed by atoms with Crippen LogP contribution < -0.4 is 9.80 Å². The van der Waals surface area contributed by atoms with Crippen molar-refractivity contribution in [3.8, 4) is 0 Å². The van der Waals surface area contributed by atoms with Crippen LogP contribution >= 0.6 is 0 Å². The highest BCUT2D eigenvalue weighted by Gasteiger charge is 2.44. The number of nitrogens with zero attached hydrogens (tertiary/aromatic N) is 6. The Morgan fingerprint density at radius 3 is 2.31 bits per heavy atom. The molecule has 1 aromatic carbocycles. The normalized spacial score (nSPS) is 22.8. The Bertz CT molecular complexity index is 1240. The highest BCUT2D eigenvalue weighted by atomic mass is 19.4. The molecule has 3 aromatic rings. The number of carbonyl (C=O) groups is 1. The Labute approximate surface area is 201 Å². The van der Waals surface area contributed by atoms with Crippen molar-refractivity contribution in [1.29, 1.82) is 0 Å². The van der Waals surface area contributed by atoms with E-state index in [-0.39, 0.29) is 23.4 Å². The van der Waals surface area contributed by atoms with Gasteiger partial charge in [0.1, 0.15) is 11.5 Å². The summed E-state index contributed by atoms with van der Waals surface area (Å²) >= 11 is 0. The number of piperidine rings is 1. The summed E-state index contributed by atoms with van der Waals surface area (Å²) < 4.78 is 42.1. The molecule has 35 heavy (non-hydrogen) atoms. The molecule has 10 heteroatoms. The highest BCUT2D eigenvalue weighted by molar-refractivity contribution is 5.93. The molecule has 0 radical (unpaired) electrons. The van der Waals surface area contributed by atoms with Gasteiger partial charge in [0.05, 0.1) is 11.8 Å².